The smallest absolute Gasteiger partial charge is 0.397 e. The van der Waals surface area contributed by atoms with Crippen molar-refractivity contribution in [2.45, 2.75) is 77.6 Å². The molecule has 2 saturated heterocycles. The summed E-state index contributed by atoms with van der Waals surface area (Å²) in [4.78, 5) is 97.3. The fourth-order valence-electron chi connectivity index (χ4n) is 8.52. The van der Waals surface area contributed by atoms with Crippen LogP contribution in [0, 0.1) is 0 Å². The van der Waals surface area contributed by atoms with Crippen LogP contribution < -0.4 is 32.6 Å². The maximum absolute atomic E-state index is 13.6. The van der Waals surface area contributed by atoms with Gasteiger partial charge in [0.05, 0.1) is 33.6 Å². The Morgan fingerprint density at radius 3 is 2.23 bits per heavy atom. The van der Waals surface area contributed by atoms with Crippen LogP contribution in [0.15, 0.2) is 77.7 Å². The number of benzene rings is 3. The van der Waals surface area contributed by atoms with Crippen molar-refractivity contribution in [2.75, 3.05) is 82.3 Å². The Balaban J connectivity index is 0.00000129. The Kier molecular flexibility index (Phi) is 18.7. The van der Waals surface area contributed by atoms with E-state index in [4.69, 9.17) is 5.73 Å². The van der Waals surface area contributed by atoms with E-state index in [2.05, 4.69) is 61.8 Å². The molecule has 4 aromatic rings. The summed E-state index contributed by atoms with van der Waals surface area (Å²) in [6.45, 7) is 12.5. The van der Waals surface area contributed by atoms with Crippen LogP contribution in [0.5, 0.6) is 0 Å². The first kappa shape index (κ1) is 53.5. The molecule has 1 aromatic heterocycles. The normalized spacial score (nSPS) is 16.3. The Morgan fingerprint density at radius 2 is 1.52 bits per heavy atom. The van der Waals surface area contributed by atoms with E-state index in [9.17, 15) is 46.7 Å². The number of hydrogen-bond donors (Lipinski definition) is 6. The number of H-pyrrole nitrogens is 1. The number of aromatic nitrogens is 1. The molecule has 3 aliphatic heterocycles. The van der Waals surface area contributed by atoms with Crippen LogP contribution in [0.2, 0.25) is 0 Å². The number of nitrogens with two attached hydrogens (primary N) is 1. The minimum atomic E-state index is -4.91. The van der Waals surface area contributed by atoms with Crippen LogP contribution in [0.1, 0.15) is 101 Å². The molecule has 380 valence electrons. The zero-order valence-corrected chi connectivity index (χ0v) is 40.4. The predicted molar refractivity (Wildman–Crippen MR) is 265 cm³/mol. The zero-order valence-electron chi connectivity index (χ0n) is 40.4. The molecule has 6 amide bonds. The molecule has 20 heteroatoms. The molecule has 1 atom stereocenters. The molecule has 0 radical (unpaired) electrons. The molecule has 7 rings (SSSR count). The second-order valence-electron chi connectivity index (χ2n) is 17.8. The molecular weight excluding hydrogens is 922 g/mol. The predicted octanol–water partition coefficient (Wildman–Crippen LogP) is 5.55. The molecule has 0 bridgehead atoms. The van der Waals surface area contributed by atoms with E-state index in [1.807, 2.05) is 24.3 Å². The third-order valence-corrected chi connectivity index (χ3v) is 12.9. The first-order valence-electron chi connectivity index (χ1n) is 24.1. The van der Waals surface area contributed by atoms with Gasteiger partial charge in [-0.1, -0.05) is 57.0 Å². The first-order valence-corrected chi connectivity index (χ1v) is 24.1. The maximum Gasteiger partial charge on any atom is 0.417 e. The number of piperidine rings is 1. The van der Waals surface area contributed by atoms with Crippen LogP contribution in [-0.4, -0.2) is 132 Å². The highest BCUT2D eigenvalue weighted by Crippen LogP contribution is 2.34. The average Bonchev–Trinajstić information content (AvgIpc) is 3.60. The number of hydrogen-bond acceptors (Lipinski definition) is 12. The number of piperazine rings is 1. The van der Waals surface area contributed by atoms with Gasteiger partial charge in [0.15, 0.2) is 0 Å². The monoisotopic (exact) mass is 984 g/mol. The van der Waals surface area contributed by atoms with Gasteiger partial charge < -0.3 is 31.6 Å². The minimum absolute atomic E-state index is 0.00481. The number of nitrogens with one attached hydrogen (secondary N) is 5. The summed E-state index contributed by atoms with van der Waals surface area (Å²) in [5.41, 5.74) is 6.86. The molecular formula is C51H63F3N10O7. The van der Waals surface area contributed by atoms with Crippen molar-refractivity contribution >= 4 is 52.5 Å². The lowest BCUT2D eigenvalue weighted by Gasteiger charge is -2.34. The zero-order chi connectivity index (χ0) is 51.2. The number of fused-ring (bicyclic) bond motifs is 1. The Hall–Kier alpha value is -6.90. The largest absolute Gasteiger partial charge is 0.417 e. The minimum Gasteiger partial charge on any atom is -0.397 e. The molecule has 71 heavy (non-hydrogen) atoms. The number of carbonyl (C=O) groups is 6. The molecule has 0 aliphatic carbocycles. The summed E-state index contributed by atoms with van der Waals surface area (Å²) < 4.78 is 40.7. The summed E-state index contributed by atoms with van der Waals surface area (Å²) in [6.07, 6.45) is -0.380. The third kappa shape index (κ3) is 14.4. The van der Waals surface area contributed by atoms with Crippen molar-refractivity contribution < 1.29 is 41.9 Å². The van der Waals surface area contributed by atoms with Crippen molar-refractivity contribution in [3.63, 3.8) is 0 Å². The van der Waals surface area contributed by atoms with Crippen LogP contribution in [0.4, 0.5) is 30.2 Å². The molecule has 3 aliphatic rings. The van der Waals surface area contributed by atoms with E-state index in [0.717, 1.165) is 93.7 Å². The molecule has 0 spiro atoms. The number of unbranched alkanes of at least 4 members (excludes halogenated alkanes) is 3. The lowest BCUT2D eigenvalue weighted by molar-refractivity contribution is -0.138. The van der Waals surface area contributed by atoms with Gasteiger partial charge in [-0.3, -0.25) is 53.6 Å². The summed E-state index contributed by atoms with van der Waals surface area (Å²) in [7, 11) is 2.11. The van der Waals surface area contributed by atoms with E-state index in [0.29, 0.717) is 43.4 Å². The summed E-state index contributed by atoms with van der Waals surface area (Å²) in [5, 5.41) is 10.9. The average molecular weight is 985 g/mol. The number of carbonyl (C=O) groups excluding carboxylic acids is 6. The molecule has 7 N–H and O–H groups in total. The Labute approximate surface area is 410 Å². The summed E-state index contributed by atoms with van der Waals surface area (Å²) >= 11 is 0. The van der Waals surface area contributed by atoms with Crippen molar-refractivity contribution in [1.29, 1.82) is 0 Å². The Morgan fingerprint density at radius 1 is 0.817 bits per heavy atom. The topological polar surface area (TPSA) is 222 Å². The second-order valence-corrected chi connectivity index (χ2v) is 17.8. The summed E-state index contributed by atoms with van der Waals surface area (Å²) in [6, 6.07) is 17.1. The number of imide groups is 2. The van der Waals surface area contributed by atoms with Gasteiger partial charge in [0.2, 0.25) is 23.3 Å². The number of anilines is 3. The molecule has 4 heterocycles. The number of pyridine rings is 1. The van der Waals surface area contributed by atoms with E-state index in [-0.39, 0.29) is 41.3 Å². The first-order chi connectivity index (χ1) is 34.0. The van der Waals surface area contributed by atoms with Gasteiger partial charge >= 0.3 is 6.18 Å². The van der Waals surface area contributed by atoms with Crippen LogP contribution in [0.25, 0.3) is 11.1 Å². The summed E-state index contributed by atoms with van der Waals surface area (Å²) in [5.74, 6) is -3.24. The van der Waals surface area contributed by atoms with Crippen molar-refractivity contribution in [3.8, 4) is 11.1 Å². The molecule has 17 nitrogen and oxygen atoms in total. The lowest BCUT2D eigenvalue weighted by atomic mass is 10.0. The van der Waals surface area contributed by atoms with Crippen molar-refractivity contribution in [1.82, 2.24) is 35.2 Å². The van der Waals surface area contributed by atoms with Crippen LogP contribution in [0.3, 0.4) is 0 Å². The standard InChI is InChI=1S/C46H50F3N9O7.C5H13N/c47-46(48,49)33-25-40(61)53-26-32(33)42(62)54-36-24-30(12-13-34(36)50)29-8-5-7-28(23-29)27-57-21-19-56(20-22-57)18-17-52-38(59)11-3-1-2-4-16-51-35-10-6-9-31-41(35)45(65)58(44(31)64)37-14-15-39(60)55-43(37)63;1-4-6(3)5-2/h5-10,12-13,23-26,37,51H,1-4,11,14-22,27,50H2,(H,52,59)(H,53,61)(H,54,62)(H,55,60,63);4-5H2,1-3H3. The molecule has 2 fully saturated rings. The highest BCUT2D eigenvalue weighted by Gasteiger charge is 2.45. The highest BCUT2D eigenvalue weighted by atomic mass is 19.4. The van der Waals surface area contributed by atoms with Gasteiger partial charge in [0.25, 0.3) is 17.7 Å². The van der Waals surface area contributed by atoms with Gasteiger partial charge in [-0.2, -0.15) is 13.2 Å². The fourth-order valence-corrected chi connectivity index (χ4v) is 8.52. The van der Waals surface area contributed by atoms with Gasteiger partial charge in [-0.15, -0.1) is 0 Å². The molecule has 3 aromatic carbocycles. The number of rotatable bonds is 19. The third-order valence-electron chi connectivity index (χ3n) is 12.9. The van der Waals surface area contributed by atoms with Gasteiger partial charge in [0.1, 0.15) is 6.04 Å². The number of amides is 6. The van der Waals surface area contributed by atoms with E-state index in [1.165, 1.54) is 0 Å². The SMILES string of the molecule is CCN(C)CC.Nc1ccc(-c2cccc(CN3CCN(CCNC(=O)CCCCCCNc4cccc5c4C(=O)N(C4CCC(=O)NC4=O)C5=O)CC3)c2)cc1NC(=O)c1c[nH]c(=O)cc1C(F)(F)F. The second kappa shape index (κ2) is 24.8. The van der Waals surface area contributed by atoms with Gasteiger partial charge in [0, 0.05) is 83.2 Å². The quantitative estimate of drug-likeness (QED) is 0.0387. The van der Waals surface area contributed by atoms with Crippen molar-refractivity contribution in [3.05, 3.63) is 111 Å². The van der Waals surface area contributed by atoms with Gasteiger partial charge in [-0.25, -0.2) is 0 Å². The fraction of sp³-hybridized carbons (Fsp3) is 0.431. The van der Waals surface area contributed by atoms with Crippen molar-refractivity contribution in [2.24, 2.45) is 0 Å². The highest BCUT2D eigenvalue weighted by molar-refractivity contribution is 6.25. The lowest BCUT2D eigenvalue weighted by Crippen LogP contribution is -2.54. The number of halogens is 3. The Bertz CT molecular complexity index is 2630. The molecule has 0 saturated carbocycles. The maximum atomic E-state index is 13.6. The van der Waals surface area contributed by atoms with E-state index >= 15 is 0 Å². The van der Waals surface area contributed by atoms with Crippen LogP contribution >= 0.6 is 0 Å². The van der Waals surface area contributed by atoms with E-state index in [1.54, 1.807) is 36.4 Å². The number of aromatic amines is 1. The van der Waals surface area contributed by atoms with Crippen LogP contribution in [-0.2, 0) is 27.1 Å². The molecule has 1 unspecified atom stereocenters. The number of nitrogen functional groups attached to an aromatic ring is 1. The number of nitrogens with zero attached hydrogens (tertiary/aromatic N) is 4. The van der Waals surface area contributed by atoms with E-state index < -0.39 is 58.4 Å². The van der Waals surface area contributed by atoms with Gasteiger partial charge in [-0.05, 0) is 86.4 Å². The number of alkyl halides is 3.